The lowest BCUT2D eigenvalue weighted by atomic mass is 10.0. The molecule has 2 rings (SSSR count). The van der Waals surface area contributed by atoms with Crippen LogP contribution in [-0.2, 0) is 6.42 Å². The van der Waals surface area contributed by atoms with Crippen LogP contribution in [0.1, 0.15) is 55.3 Å². The van der Waals surface area contributed by atoms with Crippen LogP contribution in [0.25, 0.3) is 0 Å². The quantitative estimate of drug-likeness (QED) is 0.842. The number of aromatic nitrogens is 2. The van der Waals surface area contributed by atoms with E-state index in [0.717, 1.165) is 25.1 Å². The second-order valence-electron chi connectivity index (χ2n) is 5.02. The summed E-state index contributed by atoms with van der Waals surface area (Å²) in [7, 11) is 0. The molecule has 0 aromatic carbocycles. The third-order valence-electron chi connectivity index (χ3n) is 3.06. The zero-order chi connectivity index (χ0) is 13.7. The largest absolute Gasteiger partial charge is 0.472 e. The lowest BCUT2D eigenvalue weighted by Gasteiger charge is -2.18. The van der Waals surface area contributed by atoms with Crippen molar-refractivity contribution in [3.05, 3.63) is 34.7 Å². The molecule has 19 heavy (non-hydrogen) atoms. The van der Waals surface area contributed by atoms with E-state index in [2.05, 4.69) is 35.7 Å². The highest BCUT2D eigenvalue weighted by Gasteiger charge is 2.21. The third kappa shape index (κ3) is 3.64. The molecule has 2 heterocycles. The number of hydrogen-bond donors (Lipinski definition) is 1. The highest BCUT2D eigenvalue weighted by Crippen LogP contribution is 2.28. The van der Waals surface area contributed by atoms with Gasteiger partial charge in [0.15, 0.2) is 0 Å². The Morgan fingerprint density at radius 1 is 1.42 bits per heavy atom. The van der Waals surface area contributed by atoms with Gasteiger partial charge in [-0.05, 0) is 48.5 Å². The normalized spacial score (nSPS) is 13.1. The van der Waals surface area contributed by atoms with E-state index in [-0.39, 0.29) is 6.04 Å². The lowest BCUT2D eigenvalue weighted by molar-refractivity contribution is 0.520. The molecule has 104 valence electrons. The van der Waals surface area contributed by atoms with Gasteiger partial charge in [-0.2, -0.15) is 0 Å². The van der Waals surface area contributed by atoms with Gasteiger partial charge in [0.05, 0.1) is 23.1 Å². The maximum atomic E-state index is 5.16. The Bertz CT molecular complexity index is 479. The summed E-state index contributed by atoms with van der Waals surface area (Å²) in [5, 5.41) is 7.87. The summed E-state index contributed by atoms with van der Waals surface area (Å²) in [5.41, 5.74) is 2.32. The van der Waals surface area contributed by atoms with Gasteiger partial charge in [-0.15, -0.1) is 5.10 Å². The summed E-state index contributed by atoms with van der Waals surface area (Å²) < 4.78 is 9.29. The van der Waals surface area contributed by atoms with Crippen LogP contribution in [0.4, 0.5) is 0 Å². The van der Waals surface area contributed by atoms with Gasteiger partial charge in [0.1, 0.15) is 0 Å². The monoisotopic (exact) mass is 279 g/mol. The number of rotatable bonds is 7. The molecule has 1 unspecified atom stereocenters. The van der Waals surface area contributed by atoms with Crippen molar-refractivity contribution in [2.75, 3.05) is 6.54 Å². The number of nitrogens with zero attached hydrogens (tertiary/aromatic N) is 2. The van der Waals surface area contributed by atoms with Crippen LogP contribution in [0.3, 0.4) is 0 Å². The first-order valence-corrected chi connectivity index (χ1v) is 7.56. The molecule has 0 amide bonds. The number of nitrogens with one attached hydrogen (secondary N) is 1. The fraction of sp³-hybridized carbons (Fsp3) is 0.571. The first-order chi connectivity index (χ1) is 9.22. The molecule has 0 radical (unpaired) electrons. The summed E-state index contributed by atoms with van der Waals surface area (Å²) in [6, 6.07) is 2.29. The average molecular weight is 279 g/mol. The Morgan fingerprint density at radius 2 is 2.26 bits per heavy atom. The van der Waals surface area contributed by atoms with E-state index in [9.17, 15) is 0 Å². The minimum absolute atomic E-state index is 0.273. The van der Waals surface area contributed by atoms with E-state index >= 15 is 0 Å². The van der Waals surface area contributed by atoms with Crippen LogP contribution in [0.5, 0.6) is 0 Å². The van der Waals surface area contributed by atoms with E-state index in [4.69, 9.17) is 4.42 Å². The van der Waals surface area contributed by atoms with Crippen molar-refractivity contribution < 1.29 is 4.42 Å². The summed E-state index contributed by atoms with van der Waals surface area (Å²) in [6.45, 7) is 7.50. The predicted octanol–water partition coefficient (Wildman–Crippen LogP) is 3.54. The van der Waals surface area contributed by atoms with Crippen molar-refractivity contribution in [3.63, 3.8) is 0 Å². The van der Waals surface area contributed by atoms with Gasteiger partial charge in [-0.3, -0.25) is 0 Å². The standard InChI is InChI=1S/C14H21N3OS/c1-4-6-15-12(8-11-5-7-18-9-11)14-13(10(2)3)16-17-19-14/h5,7,9-10,12,15H,4,6,8H2,1-3H3. The Balaban J connectivity index is 2.18. The summed E-state index contributed by atoms with van der Waals surface area (Å²) >= 11 is 1.50. The van der Waals surface area contributed by atoms with Gasteiger partial charge < -0.3 is 9.73 Å². The molecule has 1 atom stereocenters. The smallest absolute Gasteiger partial charge is 0.0935 e. The van der Waals surface area contributed by atoms with Crippen molar-refractivity contribution in [1.82, 2.24) is 14.9 Å². The topological polar surface area (TPSA) is 51.0 Å². The van der Waals surface area contributed by atoms with Crippen molar-refractivity contribution in [3.8, 4) is 0 Å². The predicted molar refractivity (Wildman–Crippen MR) is 77.4 cm³/mol. The zero-order valence-corrected chi connectivity index (χ0v) is 12.5. The van der Waals surface area contributed by atoms with Gasteiger partial charge >= 0.3 is 0 Å². The Hall–Kier alpha value is -1.20. The summed E-state index contributed by atoms with van der Waals surface area (Å²) in [6.07, 6.45) is 5.57. The minimum atomic E-state index is 0.273. The Morgan fingerprint density at radius 3 is 2.89 bits per heavy atom. The van der Waals surface area contributed by atoms with Crippen LogP contribution >= 0.6 is 11.5 Å². The maximum Gasteiger partial charge on any atom is 0.0935 e. The highest BCUT2D eigenvalue weighted by atomic mass is 32.1. The fourth-order valence-electron chi connectivity index (χ4n) is 2.07. The first-order valence-electron chi connectivity index (χ1n) is 6.79. The van der Waals surface area contributed by atoms with Crippen LogP contribution in [0, 0.1) is 0 Å². The van der Waals surface area contributed by atoms with E-state index < -0.39 is 0 Å². The zero-order valence-electron chi connectivity index (χ0n) is 11.7. The first kappa shape index (κ1) is 14.2. The van der Waals surface area contributed by atoms with Gasteiger partial charge in [-0.1, -0.05) is 25.3 Å². The van der Waals surface area contributed by atoms with E-state index in [1.807, 2.05) is 12.3 Å². The second kappa shape index (κ2) is 6.82. The molecule has 0 spiro atoms. The minimum Gasteiger partial charge on any atom is -0.472 e. The molecule has 5 heteroatoms. The molecule has 1 N–H and O–H groups in total. The molecule has 2 aromatic heterocycles. The van der Waals surface area contributed by atoms with Crippen molar-refractivity contribution in [2.45, 2.75) is 45.6 Å². The maximum absolute atomic E-state index is 5.16. The van der Waals surface area contributed by atoms with Crippen LogP contribution < -0.4 is 5.32 Å². The van der Waals surface area contributed by atoms with Crippen LogP contribution in [0.15, 0.2) is 23.0 Å². The SMILES string of the molecule is CCCNC(Cc1ccoc1)c1snnc1C(C)C. The molecule has 4 nitrogen and oxygen atoms in total. The van der Waals surface area contributed by atoms with E-state index in [0.29, 0.717) is 5.92 Å². The Kier molecular flexibility index (Phi) is 5.10. The van der Waals surface area contributed by atoms with Crippen molar-refractivity contribution in [2.24, 2.45) is 0 Å². The lowest BCUT2D eigenvalue weighted by Crippen LogP contribution is -2.24. The van der Waals surface area contributed by atoms with Crippen LogP contribution in [-0.4, -0.2) is 16.1 Å². The Labute approximate surface area is 118 Å². The third-order valence-corrected chi connectivity index (χ3v) is 3.92. The molecule has 0 aliphatic carbocycles. The average Bonchev–Trinajstić information content (AvgIpc) is 3.04. The molecule has 0 saturated carbocycles. The fourth-order valence-corrected chi connectivity index (χ4v) is 2.95. The summed E-state index contributed by atoms with van der Waals surface area (Å²) in [4.78, 5) is 1.25. The molecular weight excluding hydrogens is 258 g/mol. The van der Waals surface area contributed by atoms with Gasteiger partial charge in [-0.25, -0.2) is 0 Å². The molecule has 2 aromatic rings. The van der Waals surface area contributed by atoms with E-state index in [1.165, 1.54) is 22.0 Å². The van der Waals surface area contributed by atoms with Gasteiger partial charge in [0, 0.05) is 6.04 Å². The molecular formula is C14H21N3OS. The molecule has 0 saturated heterocycles. The molecule has 0 fully saturated rings. The van der Waals surface area contributed by atoms with E-state index in [1.54, 1.807) is 6.26 Å². The number of hydrogen-bond acceptors (Lipinski definition) is 5. The molecule has 0 aliphatic rings. The van der Waals surface area contributed by atoms with Crippen molar-refractivity contribution >= 4 is 11.5 Å². The second-order valence-corrected chi connectivity index (χ2v) is 5.81. The molecule has 0 bridgehead atoms. The van der Waals surface area contributed by atoms with Crippen molar-refractivity contribution in [1.29, 1.82) is 0 Å². The molecule has 0 aliphatic heterocycles. The van der Waals surface area contributed by atoms with Crippen LogP contribution in [0.2, 0.25) is 0 Å². The highest BCUT2D eigenvalue weighted by molar-refractivity contribution is 7.05. The number of furan rings is 1. The summed E-state index contributed by atoms with van der Waals surface area (Å²) in [5.74, 6) is 0.407. The van der Waals surface area contributed by atoms with Gasteiger partial charge in [0.25, 0.3) is 0 Å². The van der Waals surface area contributed by atoms with Gasteiger partial charge in [0.2, 0.25) is 0 Å².